The molecular weight excluding hydrogens is 248 g/mol. The number of methoxy groups -OCH3 is 1. The number of hydrogen-bond donors (Lipinski definition) is 2. The molecule has 3 N–H and O–H groups in total. The minimum atomic E-state index is -0.377. The van der Waals surface area contributed by atoms with E-state index in [1.165, 1.54) is 13.4 Å². The zero-order chi connectivity index (χ0) is 13.4. The summed E-state index contributed by atoms with van der Waals surface area (Å²) in [5, 5.41) is 2.82. The fraction of sp³-hybridized carbons (Fsp3) is 0.455. The number of nitrogens with two attached hydrogens (primary N) is 1. The van der Waals surface area contributed by atoms with Gasteiger partial charge in [-0.1, -0.05) is 0 Å². The number of ether oxygens (including phenoxy) is 1. The van der Waals surface area contributed by atoms with E-state index in [0.29, 0.717) is 30.0 Å². The maximum atomic E-state index is 12.0. The maximum absolute atomic E-state index is 12.0. The van der Waals surface area contributed by atoms with Crippen LogP contribution in [0, 0.1) is 0 Å². The summed E-state index contributed by atoms with van der Waals surface area (Å²) in [7, 11) is 1.50. The molecule has 3 heterocycles. The molecule has 19 heavy (non-hydrogen) atoms. The highest BCUT2D eigenvalue weighted by Crippen LogP contribution is 2.29. The Labute approximate surface area is 109 Å². The van der Waals surface area contributed by atoms with Crippen molar-refractivity contribution in [1.29, 1.82) is 0 Å². The largest absolute Gasteiger partial charge is 0.479 e. The van der Waals surface area contributed by atoms with Gasteiger partial charge >= 0.3 is 0 Å². The highest BCUT2D eigenvalue weighted by atomic mass is 16.5. The number of carbonyl (C=O) groups excluding carboxylic acids is 1. The molecular formula is C11H14N6O2. The lowest BCUT2D eigenvalue weighted by Crippen LogP contribution is -2.38. The molecule has 0 radical (unpaired) electrons. The smallest absolute Gasteiger partial charge is 0.245 e. The van der Waals surface area contributed by atoms with Gasteiger partial charge in [0.25, 0.3) is 0 Å². The molecule has 8 nitrogen and oxygen atoms in total. The molecule has 0 saturated carbocycles. The number of amides is 1. The molecule has 8 heteroatoms. The highest BCUT2D eigenvalue weighted by molar-refractivity contribution is 5.86. The molecule has 0 spiro atoms. The molecule has 0 aliphatic carbocycles. The summed E-state index contributed by atoms with van der Waals surface area (Å²) in [6, 6.07) is -0.377. The maximum Gasteiger partial charge on any atom is 0.245 e. The summed E-state index contributed by atoms with van der Waals surface area (Å²) in [6.07, 6.45) is 2.99. The first-order valence-electron chi connectivity index (χ1n) is 6.02. The molecule has 1 saturated heterocycles. The molecule has 3 rings (SSSR count). The molecule has 1 aliphatic rings. The van der Waals surface area contributed by atoms with E-state index >= 15 is 0 Å². The zero-order valence-electron chi connectivity index (χ0n) is 10.5. The number of imidazole rings is 1. The number of nitrogen functional groups attached to an aromatic ring is 1. The van der Waals surface area contributed by atoms with E-state index in [1.54, 1.807) is 4.57 Å². The molecule has 0 aromatic carbocycles. The number of carbonyl (C=O) groups is 1. The molecule has 1 fully saturated rings. The number of nitrogens with zero attached hydrogens (tertiary/aromatic N) is 4. The fourth-order valence-electron chi connectivity index (χ4n) is 2.36. The molecule has 0 bridgehead atoms. The van der Waals surface area contributed by atoms with Crippen LogP contribution in [0.5, 0.6) is 5.88 Å². The standard InChI is InChI=1S/C11H14N6O2/c1-19-10-7-8(14-5-15-10)17(11(12)16-7)6-3-2-4-13-9(6)18/h5-6H,2-4H2,1H3,(H2,12,16)(H,13,18). The van der Waals surface area contributed by atoms with Crippen molar-refractivity contribution in [2.75, 3.05) is 19.4 Å². The highest BCUT2D eigenvalue weighted by Gasteiger charge is 2.28. The summed E-state index contributed by atoms with van der Waals surface area (Å²) in [5.41, 5.74) is 6.91. The SMILES string of the molecule is COc1ncnc2c1nc(N)n2C1CCCNC1=O. The number of anilines is 1. The van der Waals surface area contributed by atoms with E-state index in [-0.39, 0.29) is 17.9 Å². The van der Waals surface area contributed by atoms with E-state index < -0.39 is 0 Å². The Balaban J connectivity index is 2.18. The van der Waals surface area contributed by atoms with Crippen LogP contribution in [0.25, 0.3) is 11.2 Å². The Kier molecular flexibility index (Phi) is 2.69. The quantitative estimate of drug-likeness (QED) is 0.780. The summed E-state index contributed by atoms with van der Waals surface area (Å²) in [4.78, 5) is 24.3. The number of nitrogens with one attached hydrogen (secondary N) is 1. The molecule has 1 unspecified atom stereocenters. The normalized spacial score (nSPS) is 19.4. The summed E-state index contributed by atoms with van der Waals surface area (Å²) in [5.74, 6) is 0.539. The van der Waals surface area contributed by atoms with Crippen molar-refractivity contribution in [2.45, 2.75) is 18.9 Å². The van der Waals surface area contributed by atoms with Crippen LogP contribution in [0.15, 0.2) is 6.33 Å². The second-order valence-electron chi connectivity index (χ2n) is 4.34. The molecule has 2 aromatic heterocycles. The Morgan fingerprint density at radius 3 is 3.11 bits per heavy atom. The Bertz CT molecular complexity index is 637. The van der Waals surface area contributed by atoms with Gasteiger partial charge in [0, 0.05) is 6.54 Å². The summed E-state index contributed by atoms with van der Waals surface area (Å²) < 4.78 is 6.77. The number of fused-ring (bicyclic) bond motifs is 1. The van der Waals surface area contributed by atoms with E-state index in [9.17, 15) is 4.79 Å². The molecule has 1 aliphatic heterocycles. The predicted octanol–water partition coefficient (Wildman–Crippen LogP) is -0.132. The lowest BCUT2D eigenvalue weighted by molar-refractivity contribution is -0.125. The number of aromatic nitrogens is 4. The Morgan fingerprint density at radius 2 is 2.37 bits per heavy atom. The van der Waals surface area contributed by atoms with E-state index in [0.717, 1.165) is 6.42 Å². The first kappa shape index (κ1) is 11.7. The van der Waals surface area contributed by atoms with Crippen LogP contribution in [0.1, 0.15) is 18.9 Å². The van der Waals surface area contributed by atoms with Crippen LogP contribution >= 0.6 is 0 Å². The van der Waals surface area contributed by atoms with Crippen molar-refractivity contribution in [1.82, 2.24) is 24.8 Å². The zero-order valence-corrected chi connectivity index (χ0v) is 10.5. The van der Waals surface area contributed by atoms with Gasteiger partial charge in [0.1, 0.15) is 12.4 Å². The van der Waals surface area contributed by atoms with Gasteiger partial charge < -0.3 is 15.8 Å². The monoisotopic (exact) mass is 262 g/mol. The molecule has 100 valence electrons. The van der Waals surface area contributed by atoms with Crippen molar-refractivity contribution in [2.24, 2.45) is 0 Å². The number of piperidine rings is 1. The van der Waals surface area contributed by atoms with Gasteiger partial charge in [-0.3, -0.25) is 9.36 Å². The number of hydrogen-bond acceptors (Lipinski definition) is 6. The average Bonchev–Trinajstić information content (AvgIpc) is 2.75. The van der Waals surface area contributed by atoms with Gasteiger partial charge in [-0.05, 0) is 12.8 Å². The van der Waals surface area contributed by atoms with Crippen molar-refractivity contribution in [3.63, 3.8) is 0 Å². The topological polar surface area (TPSA) is 108 Å². The lowest BCUT2D eigenvalue weighted by Gasteiger charge is -2.23. The van der Waals surface area contributed by atoms with Gasteiger partial charge in [-0.2, -0.15) is 4.98 Å². The molecule has 2 aromatic rings. The summed E-state index contributed by atoms with van der Waals surface area (Å²) >= 11 is 0. The third-order valence-electron chi connectivity index (χ3n) is 3.23. The van der Waals surface area contributed by atoms with E-state index in [4.69, 9.17) is 10.5 Å². The average molecular weight is 262 g/mol. The van der Waals surface area contributed by atoms with Gasteiger partial charge in [0.15, 0.2) is 11.2 Å². The first-order valence-corrected chi connectivity index (χ1v) is 6.02. The minimum Gasteiger partial charge on any atom is -0.479 e. The Morgan fingerprint density at radius 1 is 1.53 bits per heavy atom. The van der Waals surface area contributed by atoms with Crippen molar-refractivity contribution >= 4 is 23.0 Å². The van der Waals surface area contributed by atoms with Crippen LogP contribution in [0.3, 0.4) is 0 Å². The Hall–Kier alpha value is -2.38. The second kappa shape index (κ2) is 4.38. The molecule has 1 atom stereocenters. The van der Waals surface area contributed by atoms with Gasteiger partial charge in [-0.15, -0.1) is 0 Å². The van der Waals surface area contributed by atoms with Crippen molar-refractivity contribution in [3.8, 4) is 5.88 Å². The predicted molar refractivity (Wildman–Crippen MR) is 67.6 cm³/mol. The van der Waals surface area contributed by atoms with Crippen molar-refractivity contribution in [3.05, 3.63) is 6.33 Å². The van der Waals surface area contributed by atoms with Crippen LogP contribution < -0.4 is 15.8 Å². The van der Waals surface area contributed by atoms with Gasteiger partial charge in [-0.25, -0.2) is 9.97 Å². The van der Waals surface area contributed by atoms with E-state index in [2.05, 4.69) is 20.3 Å². The van der Waals surface area contributed by atoms with Crippen LogP contribution in [-0.2, 0) is 4.79 Å². The second-order valence-corrected chi connectivity index (χ2v) is 4.34. The van der Waals surface area contributed by atoms with E-state index in [1.807, 2.05) is 0 Å². The third kappa shape index (κ3) is 1.76. The third-order valence-corrected chi connectivity index (χ3v) is 3.23. The van der Waals surface area contributed by atoms with Crippen LogP contribution in [0.2, 0.25) is 0 Å². The van der Waals surface area contributed by atoms with Crippen LogP contribution in [-0.4, -0.2) is 39.1 Å². The van der Waals surface area contributed by atoms with Crippen molar-refractivity contribution < 1.29 is 9.53 Å². The number of rotatable bonds is 2. The first-order chi connectivity index (χ1) is 9.22. The summed E-state index contributed by atoms with van der Waals surface area (Å²) in [6.45, 7) is 0.695. The fourth-order valence-corrected chi connectivity index (χ4v) is 2.36. The molecule has 1 amide bonds. The van der Waals surface area contributed by atoms with Crippen LogP contribution in [0.4, 0.5) is 5.95 Å². The van der Waals surface area contributed by atoms with Gasteiger partial charge in [0.05, 0.1) is 7.11 Å². The van der Waals surface area contributed by atoms with Gasteiger partial charge in [0.2, 0.25) is 17.7 Å². The lowest BCUT2D eigenvalue weighted by atomic mass is 10.1. The minimum absolute atomic E-state index is 0.0603.